The minimum absolute atomic E-state index is 0.0814. The van der Waals surface area contributed by atoms with Crippen LogP contribution in [0, 0.1) is 5.92 Å². The molecule has 4 saturated heterocycles. The van der Waals surface area contributed by atoms with Crippen LogP contribution >= 0.6 is 0 Å². The molecule has 2 bridgehead atoms. The maximum Gasteiger partial charge on any atom is 0.311 e. The molecule has 25 heavy (non-hydrogen) atoms. The molecule has 5 aliphatic heterocycles. The molecule has 5 aliphatic rings. The minimum Gasteiger partial charge on any atom is -0.454 e. The molecule has 1 aromatic carbocycles. The summed E-state index contributed by atoms with van der Waals surface area (Å²) in [6.45, 7) is 2.90. The van der Waals surface area contributed by atoms with Gasteiger partial charge >= 0.3 is 11.8 Å². The molecule has 0 aromatic heterocycles. The van der Waals surface area contributed by atoms with Crippen LogP contribution in [-0.4, -0.2) is 60.1 Å². The van der Waals surface area contributed by atoms with Crippen molar-refractivity contribution in [2.75, 3.05) is 26.4 Å². The highest BCUT2D eigenvalue weighted by atomic mass is 16.7. The third kappa shape index (κ3) is 2.15. The van der Waals surface area contributed by atoms with E-state index in [-0.39, 0.29) is 24.8 Å². The average Bonchev–Trinajstić information content (AvgIpc) is 3.27. The number of hydrogen-bond donors (Lipinski definition) is 1. The fraction of sp³-hybridized carbons (Fsp3) is 0.556. The summed E-state index contributed by atoms with van der Waals surface area (Å²) in [6, 6.07) is 6.33. The van der Waals surface area contributed by atoms with Gasteiger partial charge in [0.05, 0.1) is 6.04 Å². The topological polar surface area (TPSA) is 85.1 Å². The van der Waals surface area contributed by atoms with Crippen molar-refractivity contribution in [3.8, 4) is 11.5 Å². The standard InChI is InChI=1S/C18H21N3O4/c19-17(22)18(23)21-8-12(11-1-2-13-14(7-11)25-9-24-13)16-15(21)10-3-5-20(16)6-4-10/h1-2,7,10,12,15-16H,3-6,8-9H2,(H2,19,22)/t12-,15+,16+/m1/s1. The van der Waals surface area contributed by atoms with E-state index < -0.39 is 11.8 Å². The Morgan fingerprint density at radius 1 is 1.08 bits per heavy atom. The van der Waals surface area contributed by atoms with Gasteiger partial charge in [0.2, 0.25) is 6.79 Å². The predicted octanol–water partition coefficient (Wildman–Crippen LogP) is 0.289. The first kappa shape index (κ1) is 15.0. The van der Waals surface area contributed by atoms with Gasteiger partial charge in [-0.2, -0.15) is 0 Å². The Bertz CT molecular complexity index is 744. The zero-order valence-electron chi connectivity index (χ0n) is 13.9. The Labute approximate surface area is 145 Å². The van der Waals surface area contributed by atoms with E-state index in [0.717, 1.165) is 43.0 Å². The molecule has 7 heteroatoms. The van der Waals surface area contributed by atoms with E-state index in [1.54, 1.807) is 4.90 Å². The van der Waals surface area contributed by atoms with E-state index in [4.69, 9.17) is 15.2 Å². The van der Waals surface area contributed by atoms with Crippen LogP contribution in [0.3, 0.4) is 0 Å². The van der Waals surface area contributed by atoms with Crippen molar-refractivity contribution in [2.45, 2.75) is 30.8 Å². The molecule has 0 spiro atoms. The van der Waals surface area contributed by atoms with Crippen molar-refractivity contribution >= 4 is 11.8 Å². The van der Waals surface area contributed by atoms with Crippen molar-refractivity contribution in [2.24, 2.45) is 11.7 Å². The second-order valence-corrected chi connectivity index (χ2v) is 7.40. The number of ether oxygens (including phenoxy) is 2. The van der Waals surface area contributed by atoms with Gasteiger partial charge in [0.25, 0.3) is 0 Å². The fourth-order valence-electron chi connectivity index (χ4n) is 5.23. The smallest absolute Gasteiger partial charge is 0.311 e. The first-order chi connectivity index (χ1) is 12.1. The molecule has 0 radical (unpaired) electrons. The molecule has 132 valence electrons. The minimum atomic E-state index is -0.860. The summed E-state index contributed by atoms with van der Waals surface area (Å²) in [5.74, 6) is 0.718. The Balaban J connectivity index is 1.53. The van der Waals surface area contributed by atoms with E-state index >= 15 is 0 Å². The van der Waals surface area contributed by atoms with Crippen LogP contribution < -0.4 is 15.2 Å². The van der Waals surface area contributed by atoms with Gasteiger partial charge in [0, 0.05) is 18.5 Å². The largest absolute Gasteiger partial charge is 0.454 e. The lowest BCUT2D eigenvalue weighted by Gasteiger charge is -2.51. The molecule has 2 N–H and O–H groups in total. The number of nitrogens with zero attached hydrogens (tertiary/aromatic N) is 2. The van der Waals surface area contributed by atoms with Gasteiger partial charge in [0.1, 0.15) is 0 Å². The molecular weight excluding hydrogens is 322 g/mol. The highest BCUT2D eigenvalue weighted by Gasteiger charge is 2.55. The van der Waals surface area contributed by atoms with E-state index in [2.05, 4.69) is 11.0 Å². The summed E-state index contributed by atoms with van der Waals surface area (Å²) >= 11 is 0. The van der Waals surface area contributed by atoms with Crippen LogP contribution in [0.2, 0.25) is 0 Å². The van der Waals surface area contributed by atoms with Gasteiger partial charge in [-0.05, 0) is 49.5 Å². The van der Waals surface area contributed by atoms with Gasteiger partial charge in [0.15, 0.2) is 11.5 Å². The summed E-state index contributed by atoms with van der Waals surface area (Å²) < 4.78 is 10.9. The number of primary amides is 1. The average molecular weight is 343 g/mol. The highest BCUT2D eigenvalue weighted by Crippen LogP contribution is 2.47. The summed E-state index contributed by atoms with van der Waals surface area (Å²) in [7, 11) is 0. The van der Waals surface area contributed by atoms with Crippen LogP contribution in [0.15, 0.2) is 18.2 Å². The van der Waals surface area contributed by atoms with Gasteiger partial charge < -0.3 is 20.1 Å². The normalized spacial score (nSPS) is 34.9. The maximum absolute atomic E-state index is 12.4. The fourth-order valence-corrected chi connectivity index (χ4v) is 5.23. The lowest BCUT2D eigenvalue weighted by atomic mass is 9.75. The maximum atomic E-state index is 12.4. The molecule has 3 atom stereocenters. The molecule has 5 heterocycles. The number of rotatable bonds is 1. The number of nitrogens with two attached hydrogens (primary N) is 1. The quantitative estimate of drug-likeness (QED) is 0.741. The van der Waals surface area contributed by atoms with Crippen LogP contribution in [0.4, 0.5) is 0 Å². The van der Waals surface area contributed by atoms with E-state index in [0.29, 0.717) is 12.5 Å². The van der Waals surface area contributed by atoms with Crippen LogP contribution in [-0.2, 0) is 9.59 Å². The first-order valence-corrected chi connectivity index (χ1v) is 8.87. The summed E-state index contributed by atoms with van der Waals surface area (Å²) in [5, 5.41) is 0. The van der Waals surface area contributed by atoms with Crippen LogP contribution in [0.1, 0.15) is 24.3 Å². The molecule has 7 nitrogen and oxygen atoms in total. The summed E-state index contributed by atoms with van der Waals surface area (Å²) in [5.41, 5.74) is 6.44. The molecule has 6 rings (SSSR count). The Morgan fingerprint density at radius 2 is 1.84 bits per heavy atom. The number of amides is 2. The van der Waals surface area contributed by atoms with E-state index in [1.807, 2.05) is 12.1 Å². The molecule has 0 saturated carbocycles. The molecule has 0 unspecified atom stereocenters. The van der Waals surface area contributed by atoms with Crippen LogP contribution in [0.25, 0.3) is 0 Å². The lowest BCUT2D eigenvalue weighted by Crippen LogP contribution is -2.61. The van der Waals surface area contributed by atoms with Crippen molar-refractivity contribution in [1.82, 2.24) is 9.80 Å². The monoisotopic (exact) mass is 343 g/mol. The van der Waals surface area contributed by atoms with Crippen molar-refractivity contribution in [1.29, 1.82) is 0 Å². The van der Waals surface area contributed by atoms with Gasteiger partial charge in [-0.15, -0.1) is 0 Å². The Hall–Kier alpha value is -2.28. The van der Waals surface area contributed by atoms with E-state index in [9.17, 15) is 9.59 Å². The predicted molar refractivity (Wildman–Crippen MR) is 88.1 cm³/mol. The molecule has 4 fully saturated rings. The van der Waals surface area contributed by atoms with Crippen LogP contribution in [0.5, 0.6) is 11.5 Å². The second kappa shape index (κ2) is 5.36. The summed E-state index contributed by atoms with van der Waals surface area (Å²) in [4.78, 5) is 28.2. The van der Waals surface area contributed by atoms with Gasteiger partial charge in [-0.3, -0.25) is 14.5 Å². The van der Waals surface area contributed by atoms with Crippen molar-refractivity contribution < 1.29 is 19.1 Å². The number of carbonyl (C=O) groups is 2. The number of carbonyl (C=O) groups excluding carboxylic acids is 2. The highest BCUT2D eigenvalue weighted by molar-refractivity contribution is 6.34. The zero-order valence-corrected chi connectivity index (χ0v) is 13.9. The molecule has 2 amide bonds. The number of piperidine rings is 3. The number of benzene rings is 1. The SMILES string of the molecule is NC(=O)C(=O)N1C[C@H](c2ccc3c(c2)OCO3)[C@H]2[C@@H]1C1CCN2CC1. The number of likely N-dealkylation sites (tertiary alicyclic amines) is 1. The van der Waals surface area contributed by atoms with Crippen molar-refractivity contribution in [3.05, 3.63) is 23.8 Å². The van der Waals surface area contributed by atoms with Gasteiger partial charge in [-0.25, -0.2) is 0 Å². The lowest BCUT2D eigenvalue weighted by molar-refractivity contribution is -0.147. The third-order valence-electron chi connectivity index (χ3n) is 6.29. The summed E-state index contributed by atoms with van der Waals surface area (Å²) in [6.07, 6.45) is 2.16. The Kier molecular flexibility index (Phi) is 3.22. The molecular formula is C18H21N3O4. The zero-order chi connectivity index (χ0) is 17.1. The number of fused-ring (bicyclic) bond motifs is 3. The number of hydrogen-bond acceptors (Lipinski definition) is 5. The van der Waals surface area contributed by atoms with E-state index in [1.165, 1.54) is 0 Å². The van der Waals surface area contributed by atoms with Crippen molar-refractivity contribution in [3.63, 3.8) is 0 Å². The first-order valence-electron chi connectivity index (χ1n) is 8.87. The third-order valence-corrected chi connectivity index (χ3v) is 6.29. The van der Waals surface area contributed by atoms with Gasteiger partial charge in [-0.1, -0.05) is 6.07 Å². The molecule has 0 aliphatic carbocycles. The molecule has 1 aromatic rings. The Morgan fingerprint density at radius 3 is 2.60 bits per heavy atom. The second-order valence-electron chi connectivity index (χ2n) is 7.40.